The number of nitrogens with one attached hydrogen (secondary N) is 1. The number of hydrogen-bond donors (Lipinski definition) is 1. The average molecular weight is 293 g/mol. The summed E-state index contributed by atoms with van der Waals surface area (Å²) in [5.41, 5.74) is 2.03. The second kappa shape index (κ2) is 7.01. The van der Waals surface area contributed by atoms with Crippen molar-refractivity contribution in [1.29, 1.82) is 0 Å². The van der Waals surface area contributed by atoms with Gasteiger partial charge in [0.1, 0.15) is 11.5 Å². The number of methoxy groups -OCH3 is 2. The van der Waals surface area contributed by atoms with Crippen molar-refractivity contribution in [1.82, 2.24) is 4.98 Å². The standard InChI is InChI=1S/C15H17ClN2O2/c1-19-14-9-15(20-2)13(8-12(14)16)18-7-5-11-4-3-6-17-10-11/h3-4,6,8-10,18H,5,7H2,1-2H3. The molecule has 0 saturated carbocycles. The number of benzene rings is 1. The number of halogens is 1. The molecule has 1 aromatic carbocycles. The minimum atomic E-state index is 0.553. The molecule has 0 atom stereocenters. The van der Waals surface area contributed by atoms with Crippen LogP contribution in [0.3, 0.4) is 0 Å². The third kappa shape index (κ3) is 3.54. The van der Waals surface area contributed by atoms with E-state index >= 15 is 0 Å². The number of hydrogen-bond acceptors (Lipinski definition) is 4. The molecule has 20 heavy (non-hydrogen) atoms. The fourth-order valence-electron chi connectivity index (χ4n) is 1.89. The first-order chi connectivity index (χ1) is 9.74. The van der Waals surface area contributed by atoms with Gasteiger partial charge in [-0.1, -0.05) is 17.7 Å². The van der Waals surface area contributed by atoms with Crippen LogP contribution >= 0.6 is 11.6 Å². The fourth-order valence-corrected chi connectivity index (χ4v) is 2.13. The summed E-state index contributed by atoms with van der Waals surface area (Å²) in [6.07, 6.45) is 4.50. The van der Waals surface area contributed by atoms with Gasteiger partial charge in [-0.05, 0) is 24.1 Å². The SMILES string of the molecule is COc1cc(OC)c(NCCc2cccnc2)cc1Cl. The van der Waals surface area contributed by atoms with Crippen LogP contribution in [0, 0.1) is 0 Å². The molecule has 0 unspecified atom stereocenters. The molecule has 4 nitrogen and oxygen atoms in total. The van der Waals surface area contributed by atoms with Gasteiger partial charge in [-0.15, -0.1) is 0 Å². The number of aromatic nitrogens is 1. The Morgan fingerprint density at radius 1 is 1.20 bits per heavy atom. The number of nitrogens with zero attached hydrogens (tertiary/aromatic N) is 1. The van der Waals surface area contributed by atoms with Crippen LogP contribution in [0.25, 0.3) is 0 Å². The maximum atomic E-state index is 6.12. The minimum absolute atomic E-state index is 0.553. The molecule has 0 saturated heterocycles. The monoisotopic (exact) mass is 292 g/mol. The van der Waals surface area contributed by atoms with Crippen LogP contribution < -0.4 is 14.8 Å². The van der Waals surface area contributed by atoms with Crippen LogP contribution in [-0.4, -0.2) is 25.7 Å². The summed E-state index contributed by atoms with van der Waals surface area (Å²) in [6.45, 7) is 0.769. The highest BCUT2D eigenvalue weighted by Crippen LogP contribution is 2.35. The largest absolute Gasteiger partial charge is 0.495 e. The highest BCUT2D eigenvalue weighted by molar-refractivity contribution is 6.32. The fraction of sp³-hybridized carbons (Fsp3) is 0.267. The normalized spacial score (nSPS) is 10.2. The van der Waals surface area contributed by atoms with Gasteiger partial charge in [0.05, 0.1) is 24.9 Å². The van der Waals surface area contributed by atoms with Gasteiger partial charge in [0.25, 0.3) is 0 Å². The van der Waals surface area contributed by atoms with E-state index < -0.39 is 0 Å². The average Bonchev–Trinajstić information content (AvgIpc) is 2.48. The summed E-state index contributed by atoms with van der Waals surface area (Å²) in [5.74, 6) is 1.30. The molecule has 0 fully saturated rings. The Bertz CT molecular complexity index is 561. The van der Waals surface area contributed by atoms with E-state index in [4.69, 9.17) is 21.1 Å². The van der Waals surface area contributed by atoms with Crippen molar-refractivity contribution in [2.45, 2.75) is 6.42 Å². The van der Waals surface area contributed by atoms with Crippen molar-refractivity contribution in [3.05, 3.63) is 47.2 Å². The molecule has 0 aliphatic carbocycles. The summed E-state index contributed by atoms with van der Waals surface area (Å²) < 4.78 is 10.5. The highest BCUT2D eigenvalue weighted by Gasteiger charge is 2.09. The smallest absolute Gasteiger partial charge is 0.145 e. The third-order valence-corrected chi connectivity index (χ3v) is 3.22. The lowest BCUT2D eigenvalue weighted by Crippen LogP contribution is -2.06. The van der Waals surface area contributed by atoms with E-state index in [-0.39, 0.29) is 0 Å². The van der Waals surface area contributed by atoms with E-state index in [9.17, 15) is 0 Å². The van der Waals surface area contributed by atoms with E-state index in [0.717, 1.165) is 18.7 Å². The Kier molecular flexibility index (Phi) is 5.07. The molecule has 0 amide bonds. The van der Waals surface area contributed by atoms with Gasteiger partial charge in [0.15, 0.2) is 0 Å². The summed E-state index contributed by atoms with van der Waals surface area (Å²) >= 11 is 6.12. The second-order valence-electron chi connectivity index (χ2n) is 4.23. The molecule has 1 heterocycles. The molecular formula is C15H17ClN2O2. The predicted octanol–water partition coefficient (Wildman–Crippen LogP) is 3.41. The van der Waals surface area contributed by atoms with Crippen molar-refractivity contribution in [3.8, 4) is 11.5 Å². The quantitative estimate of drug-likeness (QED) is 0.886. The van der Waals surface area contributed by atoms with Gasteiger partial charge in [-0.3, -0.25) is 4.98 Å². The number of ether oxygens (including phenoxy) is 2. The lowest BCUT2D eigenvalue weighted by atomic mass is 10.2. The second-order valence-corrected chi connectivity index (χ2v) is 4.63. The molecule has 2 rings (SSSR count). The first kappa shape index (κ1) is 14.5. The molecule has 5 heteroatoms. The minimum Gasteiger partial charge on any atom is -0.495 e. The zero-order valence-electron chi connectivity index (χ0n) is 11.5. The van der Waals surface area contributed by atoms with Gasteiger partial charge in [-0.25, -0.2) is 0 Å². The summed E-state index contributed by atoms with van der Waals surface area (Å²) in [5, 5.41) is 3.86. The maximum absolute atomic E-state index is 6.12. The van der Waals surface area contributed by atoms with Crippen molar-refractivity contribution in [3.63, 3.8) is 0 Å². The van der Waals surface area contributed by atoms with E-state index in [1.165, 1.54) is 5.56 Å². The van der Waals surface area contributed by atoms with Crippen LogP contribution in [0.4, 0.5) is 5.69 Å². The predicted molar refractivity (Wildman–Crippen MR) is 81.0 cm³/mol. The lowest BCUT2D eigenvalue weighted by Gasteiger charge is -2.13. The first-order valence-electron chi connectivity index (χ1n) is 6.29. The Hall–Kier alpha value is -1.94. The number of pyridine rings is 1. The van der Waals surface area contributed by atoms with Crippen molar-refractivity contribution in [2.24, 2.45) is 0 Å². The Labute approximate surface area is 123 Å². The van der Waals surface area contributed by atoms with Crippen LogP contribution in [0.2, 0.25) is 5.02 Å². The van der Waals surface area contributed by atoms with E-state index in [0.29, 0.717) is 16.5 Å². The Balaban J connectivity index is 2.03. The molecule has 106 valence electrons. The summed E-state index contributed by atoms with van der Waals surface area (Å²) in [4.78, 5) is 4.09. The molecule has 1 N–H and O–H groups in total. The molecule has 1 aromatic heterocycles. The molecule has 0 aliphatic rings. The zero-order chi connectivity index (χ0) is 14.4. The summed E-state index contributed by atoms with van der Waals surface area (Å²) in [7, 11) is 3.20. The van der Waals surface area contributed by atoms with Crippen LogP contribution in [0.15, 0.2) is 36.7 Å². The van der Waals surface area contributed by atoms with Crippen molar-refractivity contribution >= 4 is 17.3 Å². The van der Waals surface area contributed by atoms with Gasteiger partial charge < -0.3 is 14.8 Å². The van der Waals surface area contributed by atoms with Crippen molar-refractivity contribution in [2.75, 3.05) is 26.1 Å². The van der Waals surface area contributed by atoms with E-state index in [1.807, 2.05) is 24.4 Å². The molecule has 0 spiro atoms. The van der Waals surface area contributed by atoms with Gasteiger partial charge >= 0.3 is 0 Å². The number of anilines is 1. The van der Waals surface area contributed by atoms with Gasteiger partial charge in [-0.2, -0.15) is 0 Å². The topological polar surface area (TPSA) is 43.4 Å². The first-order valence-corrected chi connectivity index (χ1v) is 6.66. The Morgan fingerprint density at radius 2 is 2.00 bits per heavy atom. The van der Waals surface area contributed by atoms with Gasteiger partial charge in [0, 0.05) is 25.0 Å². The maximum Gasteiger partial charge on any atom is 0.145 e. The zero-order valence-corrected chi connectivity index (χ0v) is 12.3. The molecule has 2 aromatic rings. The highest BCUT2D eigenvalue weighted by atomic mass is 35.5. The third-order valence-electron chi connectivity index (χ3n) is 2.93. The molecule has 0 aliphatic heterocycles. The Morgan fingerprint density at radius 3 is 2.65 bits per heavy atom. The van der Waals surface area contributed by atoms with Crippen molar-refractivity contribution < 1.29 is 9.47 Å². The van der Waals surface area contributed by atoms with E-state index in [2.05, 4.69) is 10.3 Å². The molecule has 0 radical (unpaired) electrons. The van der Waals surface area contributed by atoms with Crippen LogP contribution in [-0.2, 0) is 6.42 Å². The lowest BCUT2D eigenvalue weighted by molar-refractivity contribution is 0.395. The van der Waals surface area contributed by atoms with Crippen LogP contribution in [0.5, 0.6) is 11.5 Å². The molecule has 0 bridgehead atoms. The van der Waals surface area contributed by atoms with Gasteiger partial charge in [0.2, 0.25) is 0 Å². The number of rotatable bonds is 6. The molecular weight excluding hydrogens is 276 g/mol. The van der Waals surface area contributed by atoms with Crippen LogP contribution in [0.1, 0.15) is 5.56 Å². The van der Waals surface area contributed by atoms with E-state index in [1.54, 1.807) is 26.5 Å². The summed E-state index contributed by atoms with van der Waals surface area (Å²) in [6, 6.07) is 7.56.